The maximum atomic E-state index is 12.7. The number of alkyl halides is 3. The lowest BCUT2D eigenvalue weighted by Crippen LogP contribution is -2.25. The summed E-state index contributed by atoms with van der Waals surface area (Å²) in [6.45, 7) is 3.32. The predicted octanol–water partition coefficient (Wildman–Crippen LogP) is 3.10. The molecule has 0 radical (unpaired) electrons. The number of benzene rings is 2. The van der Waals surface area contributed by atoms with Crippen LogP contribution in [0.2, 0.25) is 0 Å². The summed E-state index contributed by atoms with van der Waals surface area (Å²) in [5.41, 5.74) is -0.464. The van der Waals surface area contributed by atoms with Crippen molar-refractivity contribution < 1.29 is 26.4 Å². The summed E-state index contributed by atoms with van der Waals surface area (Å²) in [6, 6.07) is 9.92. The maximum absolute atomic E-state index is 12.7. The number of hydrogen-bond donors (Lipinski definition) is 2. The zero-order chi connectivity index (χ0) is 20.1. The average molecular weight is 398 g/mol. The van der Waals surface area contributed by atoms with Crippen LogP contribution in [0.1, 0.15) is 21.5 Å². The highest BCUT2D eigenvalue weighted by Gasteiger charge is 2.30. The molecule has 2 aromatic rings. The van der Waals surface area contributed by atoms with Gasteiger partial charge in [0.1, 0.15) is 0 Å². The molecule has 9 heteroatoms. The Hall–Kier alpha value is -2.65. The molecule has 0 fully saturated rings. The van der Waals surface area contributed by atoms with E-state index in [4.69, 9.17) is 0 Å². The molecular weight excluding hydrogens is 381 g/mol. The van der Waals surface area contributed by atoms with E-state index in [1.54, 1.807) is 0 Å². The molecule has 144 valence electrons. The van der Waals surface area contributed by atoms with Crippen LogP contribution in [0.15, 0.2) is 66.1 Å². The molecule has 2 aromatic carbocycles. The first-order chi connectivity index (χ1) is 12.6. The molecule has 27 heavy (non-hydrogen) atoms. The molecule has 0 saturated heterocycles. The van der Waals surface area contributed by atoms with Crippen molar-refractivity contribution in [3.63, 3.8) is 0 Å². The maximum Gasteiger partial charge on any atom is 0.416 e. The first kappa shape index (κ1) is 20.7. The molecule has 5 nitrogen and oxygen atoms in total. The molecular formula is C18H17F3N2O3S. The molecule has 0 atom stereocenters. The third-order valence-corrected chi connectivity index (χ3v) is 4.95. The second-order valence-electron chi connectivity index (χ2n) is 5.55. The Labute approximate surface area is 155 Å². The Morgan fingerprint density at radius 2 is 1.81 bits per heavy atom. The van der Waals surface area contributed by atoms with Crippen LogP contribution in [0.25, 0.3) is 0 Å². The quantitative estimate of drug-likeness (QED) is 0.704. The number of carbonyl (C=O) groups is 1. The third kappa shape index (κ3) is 5.66. The molecule has 0 aliphatic rings. The second kappa shape index (κ2) is 8.36. The van der Waals surface area contributed by atoms with Crippen LogP contribution >= 0.6 is 0 Å². The van der Waals surface area contributed by atoms with Crippen LogP contribution in [-0.4, -0.2) is 20.9 Å². The Morgan fingerprint density at radius 3 is 2.48 bits per heavy atom. The molecule has 0 aliphatic carbocycles. The largest absolute Gasteiger partial charge is 0.416 e. The molecule has 0 spiro atoms. The van der Waals surface area contributed by atoms with Crippen molar-refractivity contribution in [1.29, 1.82) is 0 Å². The van der Waals surface area contributed by atoms with E-state index in [9.17, 15) is 26.4 Å². The van der Waals surface area contributed by atoms with Gasteiger partial charge in [-0.2, -0.15) is 13.2 Å². The van der Waals surface area contributed by atoms with Gasteiger partial charge in [0.15, 0.2) is 0 Å². The van der Waals surface area contributed by atoms with Crippen LogP contribution < -0.4 is 10.0 Å². The van der Waals surface area contributed by atoms with Gasteiger partial charge in [0.05, 0.1) is 10.5 Å². The van der Waals surface area contributed by atoms with Crippen LogP contribution in [0, 0.1) is 0 Å². The van der Waals surface area contributed by atoms with Crippen molar-refractivity contribution in [3.8, 4) is 0 Å². The molecule has 1 amide bonds. The number of carbonyl (C=O) groups excluding carboxylic acids is 1. The Balaban J connectivity index is 2.11. The number of nitrogens with one attached hydrogen (secondary N) is 2. The molecule has 0 aromatic heterocycles. The van der Waals surface area contributed by atoms with E-state index in [0.717, 1.165) is 12.1 Å². The van der Waals surface area contributed by atoms with Gasteiger partial charge in [-0.05, 0) is 35.9 Å². The summed E-state index contributed by atoms with van der Waals surface area (Å²) in [4.78, 5) is 12.1. The molecule has 0 heterocycles. The lowest BCUT2D eigenvalue weighted by molar-refractivity contribution is -0.137. The van der Waals surface area contributed by atoms with Gasteiger partial charge in [0.2, 0.25) is 10.0 Å². The minimum atomic E-state index is -4.47. The van der Waals surface area contributed by atoms with Crippen molar-refractivity contribution >= 4 is 15.9 Å². The van der Waals surface area contributed by atoms with Crippen LogP contribution in [0.5, 0.6) is 0 Å². The number of rotatable bonds is 7. The van der Waals surface area contributed by atoms with Gasteiger partial charge in [0, 0.05) is 18.7 Å². The van der Waals surface area contributed by atoms with E-state index in [1.807, 2.05) is 0 Å². The first-order valence-corrected chi connectivity index (χ1v) is 9.27. The first-order valence-electron chi connectivity index (χ1n) is 7.78. The van der Waals surface area contributed by atoms with Crippen LogP contribution in [0.3, 0.4) is 0 Å². The van der Waals surface area contributed by atoms with Gasteiger partial charge in [0.25, 0.3) is 5.91 Å². The molecule has 2 N–H and O–H groups in total. The fourth-order valence-corrected chi connectivity index (χ4v) is 3.24. The number of sulfonamides is 1. The van der Waals surface area contributed by atoms with Gasteiger partial charge in [-0.1, -0.05) is 24.3 Å². The zero-order valence-electron chi connectivity index (χ0n) is 14.1. The molecule has 0 unspecified atom stereocenters. The Kier molecular flexibility index (Phi) is 6.40. The van der Waals surface area contributed by atoms with Crippen LogP contribution in [-0.2, 0) is 22.7 Å². The average Bonchev–Trinajstić information content (AvgIpc) is 2.64. The van der Waals surface area contributed by atoms with Gasteiger partial charge in [-0.15, -0.1) is 6.58 Å². The SMILES string of the molecule is C=CCNS(=O)(=O)c1cccc(C(=O)NCc2cccc(C(F)(F)F)c2)c1. The zero-order valence-corrected chi connectivity index (χ0v) is 14.9. The van der Waals surface area contributed by atoms with E-state index in [2.05, 4.69) is 16.6 Å². The Morgan fingerprint density at radius 1 is 1.11 bits per heavy atom. The second-order valence-corrected chi connectivity index (χ2v) is 7.32. The highest BCUT2D eigenvalue weighted by Crippen LogP contribution is 2.29. The lowest BCUT2D eigenvalue weighted by Gasteiger charge is -2.10. The van der Waals surface area contributed by atoms with Crippen molar-refractivity contribution in [2.24, 2.45) is 0 Å². The van der Waals surface area contributed by atoms with Crippen molar-refractivity contribution in [2.75, 3.05) is 6.54 Å². The fourth-order valence-electron chi connectivity index (χ4n) is 2.20. The topological polar surface area (TPSA) is 75.3 Å². The van der Waals surface area contributed by atoms with E-state index in [0.29, 0.717) is 0 Å². The van der Waals surface area contributed by atoms with Gasteiger partial charge in [-0.25, -0.2) is 13.1 Å². The van der Waals surface area contributed by atoms with E-state index >= 15 is 0 Å². The summed E-state index contributed by atoms with van der Waals surface area (Å²) in [5, 5.41) is 2.48. The van der Waals surface area contributed by atoms with E-state index < -0.39 is 27.7 Å². The summed E-state index contributed by atoms with van der Waals surface area (Å²) in [7, 11) is -3.79. The van der Waals surface area contributed by atoms with E-state index in [-0.39, 0.29) is 29.1 Å². The smallest absolute Gasteiger partial charge is 0.348 e. The van der Waals surface area contributed by atoms with Crippen molar-refractivity contribution in [3.05, 3.63) is 77.9 Å². The Bertz CT molecular complexity index is 941. The number of hydrogen-bond acceptors (Lipinski definition) is 3. The summed E-state index contributed by atoms with van der Waals surface area (Å²) >= 11 is 0. The molecule has 0 saturated carbocycles. The minimum Gasteiger partial charge on any atom is -0.348 e. The molecule has 0 aliphatic heterocycles. The summed E-state index contributed by atoms with van der Waals surface area (Å²) < 4.78 is 64.6. The van der Waals surface area contributed by atoms with Gasteiger partial charge >= 0.3 is 6.18 Å². The summed E-state index contributed by atoms with van der Waals surface area (Å²) in [5.74, 6) is -0.604. The van der Waals surface area contributed by atoms with Gasteiger partial charge < -0.3 is 5.32 Å². The monoisotopic (exact) mass is 398 g/mol. The van der Waals surface area contributed by atoms with Crippen molar-refractivity contribution in [2.45, 2.75) is 17.6 Å². The normalized spacial score (nSPS) is 11.8. The van der Waals surface area contributed by atoms with E-state index in [1.165, 1.54) is 42.5 Å². The summed E-state index contributed by atoms with van der Waals surface area (Å²) in [6.07, 6.45) is -3.09. The highest BCUT2D eigenvalue weighted by atomic mass is 32.2. The lowest BCUT2D eigenvalue weighted by atomic mass is 10.1. The fraction of sp³-hybridized carbons (Fsp3) is 0.167. The predicted molar refractivity (Wildman–Crippen MR) is 94.4 cm³/mol. The van der Waals surface area contributed by atoms with Gasteiger partial charge in [-0.3, -0.25) is 4.79 Å². The van der Waals surface area contributed by atoms with Crippen LogP contribution in [0.4, 0.5) is 13.2 Å². The number of halogens is 3. The minimum absolute atomic E-state index is 0.0360. The third-order valence-electron chi connectivity index (χ3n) is 3.53. The molecule has 0 bridgehead atoms. The highest BCUT2D eigenvalue weighted by molar-refractivity contribution is 7.89. The molecule has 2 rings (SSSR count). The standard InChI is InChI=1S/C18H17F3N2O3S/c1-2-9-23-27(25,26)16-8-4-6-14(11-16)17(24)22-12-13-5-3-7-15(10-13)18(19,20)21/h2-8,10-11,23H,1,9,12H2,(H,22,24). The van der Waals surface area contributed by atoms with Crippen molar-refractivity contribution in [1.82, 2.24) is 10.0 Å². The number of amides is 1.